The lowest BCUT2D eigenvalue weighted by Gasteiger charge is -2.19. The number of ether oxygens (including phenoxy) is 2. The van der Waals surface area contributed by atoms with Crippen molar-refractivity contribution in [1.82, 2.24) is 0 Å². The first-order valence-electron chi connectivity index (χ1n) is 7.61. The lowest BCUT2D eigenvalue weighted by Crippen LogP contribution is -2.17. The zero-order valence-electron chi connectivity index (χ0n) is 12.9. The average molecular weight is 296 g/mol. The molecule has 3 nitrogen and oxygen atoms in total. The summed E-state index contributed by atoms with van der Waals surface area (Å²) in [6.07, 6.45) is 7.98. The fraction of sp³-hybridized carbons (Fsp3) is 0.316. The predicted octanol–water partition coefficient (Wildman–Crippen LogP) is 3.66. The Bertz CT molecular complexity index is 665. The van der Waals surface area contributed by atoms with Gasteiger partial charge in [0.25, 0.3) is 0 Å². The largest absolute Gasteiger partial charge is 0.461 e. The number of carbonyl (C=O) groups excluding carboxylic acids is 1. The first-order chi connectivity index (χ1) is 10.7. The predicted molar refractivity (Wildman–Crippen MR) is 86.0 cm³/mol. The average Bonchev–Trinajstić information content (AvgIpc) is 2.69. The molecule has 1 heterocycles. The van der Waals surface area contributed by atoms with E-state index in [2.05, 4.69) is 12.1 Å². The van der Waals surface area contributed by atoms with Crippen LogP contribution in [0, 0.1) is 5.92 Å². The Hall–Kier alpha value is -2.13. The van der Waals surface area contributed by atoms with Crippen LogP contribution in [0.3, 0.4) is 0 Å². The highest BCUT2D eigenvalue weighted by Gasteiger charge is 2.24. The van der Waals surface area contributed by atoms with Gasteiger partial charge in [0.05, 0.1) is 12.5 Å². The zero-order chi connectivity index (χ0) is 15.5. The maximum atomic E-state index is 11.8. The van der Waals surface area contributed by atoms with E-state index in [1.165, 1.54) is 0 Å². The van der Waals surface area contributed by atoms with E-state index in [9.17, 15) is 4.79 Å². The van der Waals surface area contributed by atoms with Crippen molar-refractivity contribution in [2.24, 2.45) is 5.92 Å². The molecule has 0 spiro atoms. The molecule has 1 aromatic rings. The molecule has 1 unspecified atom stereocenters. The SMILES string of the molecule is CC(C)C(=O)OCC1=C2C=CC=CC2OCc2ccccc21. The minimum Gasteiger partial charge on any atom is -0.461 e. The Labute approximate surface area is 130 Å². The Morgan fingerprint density at radius 1 is 1.32 bits per heavy atom. The van der Waals surface area contributed by atoms with E-state index in [-0.39, 0.29) is 24.6 Å². The van der Waals surface area contributed by atoms with Crippen LogP contribution in [0.25, 0.3) is 5.57 Å². The maximum absolute atomic E-state index is 11.8. The van der Waals surface area contributed by atoms with E-state index in [4.69, 9.17) is 9.47 Å². The lowest BCUT2D eigenvalue weighted by molar-refractivity contribution is -0.145. The third kappa shape index (κ3) is 2.90. The summed E-state index contributed by atoms with van der Waals surface area (Å²) in [5.74, 6) is -0.303. The number of esters is 1. The second-order valence-electron chi connectivity index (χ2n) is 5.83. The summed E-state index contributed by atoms with van der Waals surface area (Å²) < 4.78 is 11.5. The summed E-state index contributed by atoms with van der Waals surface area (Å²) in [6.45, 7) is 4.53. The third-order valence-corrected chi connectivity index (χ3v) is 3.92. The van der Waals surface area contributed by atoms with E-state index in [1.54, 1.807) is 0 Å². The molecule has 3 rings (SSSR count). The molecular formula is C19H20O3. The van der Waals surface area contributed by atoms with Crippen molar-refractivity contribution in [1.29, 1.82) is 0 Å². The van der Waals surface area contributed by atoms with Crippen LogP contribution in [0.1, 0.15) is 25.0 Å². The summed E-state index contributed by atoms with van der Waals surface area (Å²) in [6, 6.07) is 8.14. The second kappa shape index (κ2) is 6.32. The minimum absolute atomic E-state index is 0.0786. The van der Waals surface area contributed by atoms with Crippen LogP contribution in [0.2, 0.25) is 0 Å². The first kappa shape index (κ1) is 14.8. The van der Waals surface area contributed by atoms with Crippen LogP contribution in [0.15, 0.2) is 54.1 Å². The summed E-state index contributed by atoms with van der Waals surface area (Å²) in [7, 11) is 0. The van der Waals surface area contributed by atoms with Gasteiger partial charge in [-0.2, -0.15) is 0 Å². The molecule has 0 N–H and O–H groups in total. The summed E-state index contributed by atoms with van der Waals surface area (Å²) in [5, 5.41) is 0. The van der Waals surface area contributed by atoms with Crippen molar-refractivity contribution < 1.29 is 14.3 Å². The standard InChI is InChI=1S/C19H20O3/c1-13(2)19(20)22-12-17-15-8-4-3-7-14(15)11-21-18-10-6-5-9-16(17)18/h3-10,13,18H,11-12H2,1-2H3. The molecule has 1 aromatic carbocycles. The topological polar surface area (TPSA) is 35.5 Å². The quantitative estimate of drug-likeness (QED) is 0.798. The summed E-state index contributed by atoms with van der Waals surface area (Å²) >= 11 is 0. The van der Waals surface area contributed by atoms with Crippen LogP contribution >= 0.6 is 0 Å². The molecular weight excluding hydrogens is 276 g/mol. The van der Waals surface area contributed by atoms with Crippen LogP contribution < -0.4 is 0 Å². The van der Waals surface area contributed by atoms with Gasteiger partial charge in [-0.25, -0.2) is 0 Å². The molecule has 2 aliphatic rings. The molecule has 1 atom stereocenters. The van der Waals surface area contributed by atoms with Crippen molar-refractivity contribution in [3.05, 3.63) is 65.3 Å². The maximum Gasteiger partial charge on any atom is 0.308 e. The molecule has 0 aromatic heterocycles. The van der Waals surface area contributed by atoms with Crippen LogP contribution in [-0.4, -0.2) is 18.7 Å². The van der Waals surface area contributed by atoms with Gasteiger partial charge in [0, 0.05) is 5.57 Å². The van der Waals surface area contributed by atoms with E-state index in [1.807, 2.05) is 50.3 Å². The minimum atomic E-state index is -0.178. The first-order valence-corrected chi connectivity index (χ1v) is 7.61. The summed E-state index contributed by atoms with van der Waals surface area (Å²) in [4.78, 5) is 11.8. The number of fused-ring (bicyclic) bond motifs is 2. The van der Waals surface area contributed by atoms with Gasteiger partial charge in [0.1, 0.15) is 12.7 Å². The number of carbonyl (C=O) groups is 1. The molecule has 1 aliphatic carbocycles. The van der Waals surface area contributed by atoms with Crippen molar-refractivity contribution in [3.8, 4) is 0 Å². The van der Waals surface area contributed by atoms with Crippen LogP contribution in [0.4, 0.5) is 0 Å². The Kier molecular flexibility index (Phi) is 4.25. The third-order valence-electron chi connectivity index (χ3n) is 3.92. The molecule has 0 amide bonds. The molecule has 1 aliphatic heterocycles. The van der Waals surface area contributed by atoms with Crippen molar-refractivity contribution in [2.75, 3.05) is 6.61 Å². The molecule has 22 heavy (non-hydrogen) atoms. The van der Waals surface area contributed by atoms with E-state index < -0.39 is 0 Å². The number of hydrogen-bond acceptors (Lipinski definition) is 3. The van der Waals surface area contributed by atoms with Gasteiger partial charge in [-0.3, -0.25) is 4.79 Å². The zero-order valence-corrected chi connectivity index (χ0v) is 12.9. The van der Waals surface area contributed by atoms with Crippen LogP contribution in [0.5, 0.6) is 0 Å². The monoisotopic (exact) mass is 296 g/mol. The number of allylic oxidation sites excluding steroid dienone is 2. The van der Waals surface area contributed by atoms with Gasteiger partial charge in [-0.15, -0.1) is 0 Å². The van der Waals surface area contributed by atoms with Crippen molar-refractivity contribution in [2.45, 2.75) is 26.6 Å². The van der Waals surface area contributed by atoms with Crippen molar-refractivity contribution in [3.63, 3.8) is 0 Å². The van der Waals surface area contributed by atoms with Gasteiger partial charge in [0.2, 0.25) is 0 Å². The Balaban J connectivity index is 1.99. The molecule has 0 radical (unpaired) electrons. The fourth-order valence-electron chi connectivity index (χ4n) is 2.69. The highest BCUT2D eigenvalue weighted by molar-refractivity contribution is 5.79. The number of hydrogen-bond donors (Lipinski definition) is 0. The second-order valence-corrected chi connectivity index (χ2v) is 5.83. The van der Waals surface area contributed by atoms with E-state index >= 15 is 0 Å². The van der Waals surface area contributed by atoms with Gasteiger partial charge in [-0.05, 0) is 16.7 Å². The normalized spacial score (nSPS) is 19.7. The van der Waals surface area contributed by atoms with E-state index in [0.717, 1.165) is 22.3 Å². The fourth-order valence-corrected chi connectivity index (χ4v) is 2.69. The molecule has 114 valence electrons. The molecule has 0 saturated carbocycles. The van der Waals surface area contributed by atoms with Gasteiger partial charge in [-0.1, -0.05) is 62.4 Å². The molecule has 0 bridgehead atoms. The summed E-state index contributed by atoms with van der Waals surface area (Å²) in [5.41, 5.74) is 4.34. The van der Waals surface area contributed by atoms with E-state index in [0.29, 0.717) is 6.61 Å². The van der Waals surface area contributed by atoms with Gasteiger partial charge < -0.3 is 9.47 Å². The number of rotatable bonds is 3. The smallest absolute Gasteiger partial charge is 0.308 e. The highest BCUT2D eigenvalue weighted by Crippen LogP contribution is 2.33. The Morgan fingerprint density at radius 2 is 2.14 bits per heavy atom. The highest BCUT2D eigenvalue weighted by atomic mass is 16.5. The number of benzene rings is 1. The van der Waals surface area contributed by atoms with Crippen molar-refractivity contribution >= 4 is 11.5 Å². The van der Waals surface area contributed by atoms with Gasteiger partial charge >= 0.3 is 5.97 Å². The molecule has 3 heteroatoms. The van der Waals surface area contributed by atoms with Gasteiger partial charge in [0.15, 0.2) is 0 Å². The molecule has 0 saturated heterocycles. The molecule has 0 fully saturated rings. The lowest BCUT2D eigenvalue weighted by atomic mass is 9.93. The van der Waals surface area contributed by atoms with Crippen LogP contribution in [-0.2, 0) is 20.9 Å². The Morgan fingerprint density at radius 3 is 2.95 bits per heavy atom.